The maximum atomic E-state index is 12.1. The van der Waals surface area contributed by atoms with Crippen molar-refractivity contribution in [2.24, 2.45) is 11.8 Å². The highest BCUT2D eigenvalue weighted by molar-refractivity contribution is 5.85. The summed E-state index contributed by atoms with van der Waals surface area (Å²) >= 11 is 0. The molecule has 3 atom stereocenters. The summed E-state index contributed by atoms with van der Waals surface area (Å²) in [6.07, 6.45) is 2.92. The van der Waals surface area contributed by atoms with Crippen molar-refractivity contribution in [2.45, 2.75) is 39.2 Å². The van der Waals surface area contributed by atoms with Crippen LogP contribution in [0.4, 0.5) is 0 Å². The molecule has 1 heterocycles. The fourth-order valence-electron chi connectivity index (χ4n) is 3.10. The monoisotopic (exact) mass is 370 g/mol. The van der Waals surface area contributed by atoms with Crippen LogP contribution >= 0.6 is 12.4 Å². The number of nitrogens with one attached hydrogen (secondary N) is 2. The normalized spacial score (nSPS) is 19.2. The summed E-state index contributed by atoms with van der Waals surface area (Å²) in [6.45, 7) is 6.77. The van der Waals surface area contributed by atoms with Crippen molar-refractivity contribution in [3.05, 3.63) is 24.3 Å². The summed E-state index contributed by atoms with van der Waals surface area (Å²) in [5.74, 6) is 2.63. The van der Waals surface area contributed by atoms with Crippen LogP contribution in [-0.4, -0.2) is 38.8 Å². The molecule has 0 radical (unpaired) electrons. The molecule has 0 saturated carbocycles. The Kier molecular flexibility index (Phi) is 9.68. The highest BCUT2D eigenvalue weighted by Gasteiger charge is 2.22. The number of hydrogen-bond acceptors (Lipinski definition) is 4. The molecule has 25 heavy (non-hydrogen) atoms. The topological polar surface area (TPSA) is 59.6 Å². The minimum absolute atomic E-state index is 0. The number of amides is 1. The van der Waals surface area contributed by atoms with Crippen LogP contribution in [0.5, 0.6) is 11.5 Å². The molecule has 1 aliphatic rings. The Labute approximate surface area is 157 Å². The lowest BCUT2D eigenvalue weighted by molar-refractivity contribution is -0.122. The van der Waals surface area contributed by atoms with Gasteiger partial charge in [0.05, 0.1) is 13.7 Å². The van der Waals surface area contributed by atoms with Gasteiger partial charge in [-0.05, 0) is 56.8 Å². The smallest absolute Gasteiger partial charge is 0.220 e. The van der Waals surface area contributed by atoms with E-state index in [1.807, 2.05) is 31.2 Å². The number of carbonyl (C=O) groups excluding carboxylic acids is 1. The van der Waals surface area contributed by atoms with E-state index >= 15 is 0 Å². The molecule has 0 aliphatic carbocycles. The third kappa shape index (κ3) is 7.53. The number of methoxy groups -OCH3 is 1. The van der Waals surface area contributed by atoms with E-state index < -0.39 is 0 Å². The quantitative estimate of drug-likeness (QED) is 0.738. The van der Waals surface area contributed by atoms with E-state index in [0.29, 0.717) is 24.8 Å². The van der Waals surface area contributed by atoms with Gasteiger partial charge >= 0.3 is 0 Å². The van der Waals surface area contributed by atoms with E-state index in [0.717, 1.165) is 24.6 Å². The number of halogens is 1. The van der Waals surface area contributed by atoms with Crippen molar-refractivity contribution in [1.82, 2.24) is 10.6 Å². The Morgan fingerprint density at radius 2 is 2.12 bits per heavy atom. The van der Waals surface area contributed by atoms with Crippen LogP contribution < -0.4 is 20.1 Å². The predicted molar refractivity (Wildman–Crippen MR) is 103 cm³/mol. The molecule has 6 heteroatoms. The van der Waals surface area contributed by atoms with Gasteiger partial charge in [-0.15, -0.1) is 12.4 Å². The summed E-state index contributed by atoms with van der Waals surface area (Å²) in [4.78, 5) is 12.1. The molecule has 0 spiro atoms. The molecule has 2 rings (SSSR count). The average molecular weight is 371 g/mol. The van der Waals surface area contributed by atoms with E-state index in [9.17, 15) is 4.79 Å². The van der Waals surface area contributed by atoms with Crippen LogP contribution in [0.25, 0.3) is 0 Å². The Bertz CT molecular complexity index is 521. The Balaban J connectivity index is 0.00000312. The zero-order valence-electron chi connectivity index (χ0n) is 15.4. The van der Waals surface area contributed by atoms with Gasteiger partial charge < -0.3 is 20.1 Å². The molecule has 1 aliphatic heterocycles. The second kappa shape index (κ2) is 11.2. The molecular weight excluding hydrogens is 340 g/mol. The van der Waals surface area contributed by atoms with Crippen molar-refractivity contribution in [3.8, 4) is 11.5 Å². The van der Waals surface area contributed by atoms with E-state index in [-0.39, 0.29) is 24.4 Å². The van der Waals surface area contributed by atoms with Crippen LogP contribution in [0, 0.1) is 11.8 Å². The van der Waals surface area contributed by atoms with Gasteiger partial charge in [-0.2, -0.15) is 0 Å². The van der Waals surface area contributed by atoms with E-state index in [4.69, 9.17) is 9.47 Å². The number of ether oxygens (including phenoxy) is 2. The number of carbonyl (C=O) groups is 1. The third-order valence-electron chi connectivity index (χ3n) is 4.61. The first kappa shape index (κ1) is 21.6. The van der Waals surface area contributed by atoms with Gasteiger partial charge in [0.25, 0.3) is 0 Å². The number of piperidine rings is 1. The highest BCUT2D eigenvalue weighted by Crippen LogP contribution is 2.22. The first-order valence-corrected chi connectivity index (χ1v) is 8.86. The minimum Gasteiger partial charge on any atom is -0.497 e. The summed E-state index contributed by atoms with van der Waals surface area (Å²) < 4.78 is 11.0. The van der Waals surface area contributed by atoms with Crippen molar-refractivity contribution in [2.75, 3.05) is 26.7 Å². The number of hydrogen-bond donors (Lipinski definition) is 2. The largest absolute Gasteiger partial charge is 0.497 e. The fourth-order valence-corrected chi connectivity index (χ4v) is 3.10. The molecule has 1 aromatic carbocycles. The highest BCUT2D eigenvalue weighted by atomic mass is 35.5. The Morgan fingerprint density at radius 3 is 2.80 bits per heavy atom. The number of rotatable bonds is 8. The lowest BCUT2D eigenvalue weighted by Gasteiger charge is -2.28. The molecule has 1 amide bonds. The molecule has 5 nitrogen and oxygen atoms in total. The second-order valence-electron chi connectivity index (χ2n) is 6.70. The van der Waals surface area contributed by atoms with Gasteiger partial charge in [0, 0.05) is 12.5 Å². The predicted octanol–water partition coefficient (Wildman–Crippen LogP) is 3.03. The van der Waals surface area contributed by atoms with E-state index in [1.54, 1.807) is 7.11 Å². The van der Waals surface area contributed by atoms with Crippen LogP contribution in [0.2, 0.25) is 0 Å². The van der Waals surface area contributed by atoms with Gasteiger partial charge in [0.1, 0.15) is 17.6 Å². The van der Waals surface area contributed by atoms with Crippen molar-refractivity contribution in [1.29, 1.82) is 0 Å². The van der Waals surface area contributed by atoms with Crippen LogP contribution in [0.1, 0.15) is 33.1 Å². The first-order chi connectivity index (χ1) is 11.6. The Morgan fingerprint density at radius 1 is 1.36 bits per heavy atom. The molecule has 142 valence electrons. The summed E-state index contributed by atoms with van der Waals surface area (Å²) in [5, 5.41) is 6.40. The standard InChI is InChI=1S/C19H30N2O3.ClH/c1-14(16-6-5-9-20-13-16)10-19(22)21-12-15(2)24-18-8-4-7-17(11-18)23-3;/h4,7-8,11,14-16,20H,5-6,9-10,12-13H2,1-3H3,(H,21,22);1H. The molecule has 1 saturated heterocycles. The SMILES string of the molecule is COc1cccc(OC(C)CNC(=O)CC(C)C2CCCNC2)c1.Cl. The van der Waals surface area contributed by atoms with Gasteiger partial charge in [-0.3, -0.25) is 4.79 Å². The van der Waals surface area contributed by atoms with E-state index in [2.05, 4.69) is 17.6 Å². The maximum absolute atomic E-state index is 12.1. The van der Waals surface area contributed by atoms with Gasteiger partial charge in [-0.25, -0.2) is 0 Å². The summed E-state index contributed by atoms with van der Waals surface area (Å²) in [6, 6.07) is 7.50. The fraction of sp³-hybridized carbons (Fsp3) is 0.632. The van der Waals surface area contributed by atoms with Crippen molar-refractivity contribution < 1.29 is 14.3 Å². The van der Waals surface area contributed by atoms with Crippen LogP contribution in [0.15, 0.2) is 24.3 Å². The summed E-state index contributed by atoms with van der Waals surface area (Å²) in [5.41, 5.74) is 0. The first-order valence-electron chi connectivity index (χ1n) is 8.86. The van der Waals surface area contributed by atoms with Gasteiger partial charge in [0.2, 0.25) is 5.91 Å². The maximum Gasteiger partial charge on any atom is 0.220 e. The molecule has 0 aromatic heterocycles. The zero-order valence-corrected chi connectivity index (χ0v) is 16.2. The van der Waals surface area contributed by atoms with E-state index in [1.165, 1.54) is 12.8 Å². The van der Waals surface area contributed by atoms with Crippen molar-refractivity contribution >= 4 is 18.3 Å². The summed E-state index contributed by atoms with van der Waals surface area (Å²) in [7, 11) is 1.63. The van der Waals surface area contributed by atoms with Gasteiger partial charge in [0.15, 0.2) is 0 Å². The van der Waals surface area contributed by atoms with Crippen LogP contribution in [-0.2, 0) is 4.79 Å². The second-order valence-corrected chi connectivity index (χ2v) is 6.70. The zero-order chi connectivity index (χ0) is 17.4. The lowest BCUT2D eigenvalue weighted by atomic mass is 9.85. The minimum atomic E-state index is -0.0901. The van der Waals surface area contributed by atoms with Gasteiger partial charge in [-0.1, -0.05) is 13.0 Å². The average Bonchev–Trinajstić information content (AvgIpc) is 2.61. The molecular formula is C19H31ClN2O3. The molecule has 3 unspecified atom stereocenters. The molecule has 2 N–H and O–H groups in total. The van der Waals surface area contributed by atoms with Crippen LogP contribution in [0.3, 0.4) is 0 Å². The Hall–Kier alpha value is -1.46. The van der Waals surface area contributed by atoms with Crippen molar-refractivity contribution in [3.63, 3.8) is 0 Å². The third-order valence-corrected chi connectivity index (χ3v) is 4.61. The molecule has 0 bridgehead atoms. The number of benzene rings is 1. The molecule has 1 aromatic rings. The lowest BCUT2D eigenvalue weighted by Crippen LogP contribution is -2.37. The molecule has 1 fully saturated rings.